The van der Waals surface area contributed by atoms with Gasteiger partial charge >= 0.3 is 0 Å². The third-order valence-corrected chi connectivity index (χ3v) is 4.84. The first-order valence-corrected chi connectivity index (χ1v) is 8.71. The second kappa shape index (κ2) is 9.12. The largest absolute Gasteiger partial charge is 0.339 e. The second-order valence-corrected chi connectivity index (χ2v) is 6.47. The van der Waals surface area contributed by atoms with Crippen LogP contribution in [0.15, 0.2) is 22.0 Å². The molecule has 1 amide bonds. The molecule has 0 saturated carbocycles. The number of piperazine rings is 1. The Kier molecular flexibility index (Phi) is 7.16. The molecular formula is C15H22ClN5O2S. The molecule has 1 saturated heterocycles. The Labute approximate surface area is 151 Å². The maximum atomic E-state index is 11.5. The molecular weight excluding hydrogens is 350 g/mol. The monoisotopic (exact) mass is 371 g/mol. The number of carbonyl (C=O) groups is 1. The van der Waals surface area contributed by atoms with E-state index in [1.54, 1.807) is 11.3 Å². The van der Waals surface area contributed by atoms with Crippen molar-refractivity contribution in [3.63, 3.8) is 0 Å². The quantitative estimate of drug-likeness (QED) is 0.822. The zero-order valence-electron chi connectivity index (χ0n) is 13.4. The molecule has 0 atom stereocenters. The predicted octanol–water partition coefficient (Wildman–Crippen LogP) is 1.26. The Balaban J connectivity index is 0.00000208. The van der Waals surface area contributed by atoms with E-state index in [0.717, 1.165) is 50.4 Å². The molecule has 0 radical (unpaired) electrons. The van der Waals surface area contributed by atoms with Gasteiger partial charge in [0, 0.05) is 32.6 Å². The van der Waals surface area contributed by atoms with Crippen molar-refractivity contribution in [2.75, 3.05) is 39.3 Å². The van der Waals surface area contributed by atoms with Crippen LogP contribution in [0.5, 0.6) is 0 Å². The Morgan fingerprint density at radius 1 is 1.33 bits per heavy atom. The Morgan fingerprint density at radius 3 is 2.79 bits per heavy atom. The third kappa shape index (κ3) is 4.76. The predicted molar refractivity (Wildman–Crippen MR) is 95.3 cm³/mol. The van der Waals surface area contributed by atoms with E-state index in [1.807, 2.05) is 22.4 Å². The molecule has 132 valence electrons. The Hall–Kier alpha value is -1.48. The average molecular weight is 372 g/mol. The van der Waals surface area contributed by atoms with Crippen molar-refractivity contribution >= 4 is 29.7 Å². The molecule has 0 aromatic carbocycles. The Bertz CT molecular complexity index is 626. The molecule has 2 aromatic heterocycles. The Morgan fingerprint density at radius 2 is 2.12 bits per heavy atom. The van der Waals surface area contributed by atoms with Crippen LogP contribution in [0, 0.1) is 0 Å². The minimum absolute atomic E-state index is 0. The fraction of sp³-hybridized carbons (Fsp3) is 0.533. The van der Waals surface area contributed by atoms with Gasteiger partial charge in [0.15, 0.2) is 0 Å². The van der Waals surface area contributed by atoms with Crippen molar-refractivity contribution < 1.29 is 9.32 Å². The standard InChI is InChI=1S/C15H21N5O2S.ClH/c16-11-14(21)20-8-6-19(7-9-20)5-1-4-13-17-15(18-22-13)12-3-2-10-23-12;/h2-3,10H,1,4-9,11,16H2;1H. The zero-order chi connectivity index (χ0) is 16.1. The van der Waals surface area contributed by atoms with Gasteiger partial charge in [-0.15, -0.1) is 23.7 Å². The van der Waals surface area contributed by atoms with Gasteiger partial charge in [0.1, 0.15) is 0 Å². The number of hydrogen-bond donors (Lipinski definition) is 1. The molecule has 3 rings (SSSR count). The minimum Gasteiger partial charge on any atom is -0.339 e. The fourth-order valence-electron chi connectivity index (χ4n) is 2.67. The summed E-state index contributed by atoms with van der Waals surface area (Å²) in [5, 5.41) is 6.02. The van der Waals surface area contributed by atoms with Crippen LogP contribution in [0.1, 0.15) is 12.3 Å². The number of aryl methyl sites for hydroxylation is 1. The second-order valence-electron chi connectivity index (χ2n) is 5.52. The van der Waals surface area contributed by atoms with Crippen molar-refractivity contribution in [1.82, 2.24) is 19.9 Å². The number of amides is 1. The van der Waals surface area contributed by atoms with Gasteiger partial charge < -0.3 is 15.2 Å². The van der Waals surface area contributed by atoms with Crippen molar-refractivity contribution in [1.29, 1.82) is 0 Å². The first-order valence-electron chi connectivity index (χ1n) is 7.83. The van der Waals surface area contributed by atoms with Gasteiger partial charge in [-0.25, -0.2) is 0 Å². The van der Waals surface area contributed by atoms with Crippen LogP contribution in [0.25, 0.3) is 10.7 Å². The first kappa shape index (κ1) is 18.9. The van der Waals surface area contributed by atoms with Crippen molar-refractivity contribution in [2.24, 2.45) is 5.73 Å². The first-order chi connectivity index (χ1) is 11.3. The third-order valence-electron chi connectivity index (χ3n) is 3.97. The van der Waals surface area contributed by atoms with Crippen LogP contribution in [-0.4, -0.2) is 65.1 Å². The highest BCUT2D eigenvalue weighted by Gasteiger charge is 2.19. The number of aromatic nitrogens is 2. The van der Waals surface area contributed by atoms with Crippen LogP contribution in [0.2, 0.25) is 0 Å². The SMILES string of the molecule is Cl.NCC(=O)N1CCN(CCCc2nc(-c3cccs3)no2)CC1. The van der Waals surface area contributed by atoms with Crippen LogP contribution in [0.4, 0.5) is 0 Å². The lowest BCUT2D eigenvalue weighted by molar-refractivity contribution is -0.131. The number of carbonyl (C=O) groups excluding carboxylic acids is 1. The molecule has 0 bridgehead atoms. The van der Waals surface area contributed by atoms with Gasteiger partial charge in [-0.05, 0) is 24.4 Å². The molecule has 0 unspecified atom stereocenters. The van der Waals surface area contributed by atoms with E-state index in [1.165, 1.54) is 0 Å². The average Bonchev–Trinajstić information content (AvgIpc) is 3.26. The molecule has 9 heteroatoms. The molecule has 2 aromatic rings. The number of halogens is 1. The molecule has 24 heavy (non-hydrogen) atoms. The molecule has 1 fully saturated rings. The lowest BCUT2D eigenvalue weighted by atomic mass is 10.2. The molecule has 1 aliphatic heterocycles. The van der Waals surface area contributed by atoms with E-state index in [9.17, 15) is 4.79 Å². The van der Waals surface area contributed by atoms with Crippen LogP contribution in [-0.2, 0) is 11.2 Å². The topological polar surface area (TPSA) is 88.5 Å². The molecule has 1 aliphatic rings. The molecule has 2 N–H and O–H groups in total. The summed E-state index contributed by atoms with van der Waals surface area (Å²) in [5.41, 5.74) is 5.39. The normalized spacial score (nSPS) is 15.3. The summed E-state index contributed by atoms with van der Waals surface area (Å²) in [4.78, 5) is 21.2. The number of rotatable bonds is 6. The van der Waals surface area contributed by atoms with E-state index >= 15 is 0 Å². The summed E-state index contributed by atoms with van der Waals surface area (Å²) >= 11 is 1.61. The van der Waals surface area contributed by atoms with E-state index in [4.69, 9.17) is 10.3 Å². The van der Waals surface area contributed by atoms with Crippen molar-refractivity contribution in [2.45, 2.75) is 12.8 Å². The summed E-state index contributed by atoms with van der Waals surface area (Å²) in [6, 6.07) is 3.96. The van der Waals surface area contributed by atoms with E-state index in [2.05, 4.69) is 15.0 Å². The highest BCUT2D eigenvalue weighted by Crippen LogP contribution is 2.21. The summed E-state index contributed by atoms with van der Waals surface area (Å²) in [6.45, 7) is 4.40. The lowest BCUT2D eigenvalue weighted by Crippen LogP contribution is -2.50. The van der Waals surface area contributed by atoms with Crippen molar-refractivity contribution in [3.05, 3.63) is 23.4 Å². The maximum absolute atomic E-state index is 11.5. The van der Waals surface area contributed by atoms with Gasteiger partial charge in [0.2, 0.25) is 17.6 Å². The van der Waals surface area contributed by atoms with Gasteiger partial charge in [-0.3, -0.25) is 9.69 Å². The maximum Gasteiger partial charge on any atom is 0.236 e. The highest BCUT2D eigenvalue weighted by molar-refractivity contribution is 7.13. The lowest BCUT2D eigenvalue weighted by Gasteiger charge is -2.34. The molecule has 0 aliphatic carbocycles. The summed E-state index contributed by atoms with van der Waals surface area (Å²) in [7, 11) is 0. The van der Waals surface area contributed by atoms with Crippen LogP contribution < -0.4 is 5.73 Å². The molecule has 3 heterocycles. The van der Waals surface area contributed by atoms with Gasteiger partial charge in [-0.1, -0.05) is 11.2 Å². The van der Waals surface area contributed by atoms with Gasteiger partial charge in [-0.2, -0.15) is 4.98 Å². The molecule has 0 spiro atoms. The minimum atomic E-state index is 0. The van der Waals surface area contributed by atoms with Crippen molar-refractivity contribution in [3.8, 4) is 10.7 Å². The number of thiophene rings is 1. The van der Waals surface area contributed by atoms with Gasteiger partial charge in [0.25, 0.3) is 0 Å². The summed E-state index contributed by atoms with van der Waals surface area (Å²) in [5.74, 6) is 1.39. The smallest absolute Gasteiger partial charge is 0.236 e. The van der Waals surface area contributed by atoms with Crippen LogP contribution >= 0.6 is 23.7 Å². The summed E-state index contributed by atoms with van der Waals surface area (Å²) < 4.78 is 5.30. The summed E-state index contributed by atoms with van der Waals surface area (Å²) in [6.07, 6.45) is 1.75. The molecule has 7 nitrogen and oxygen atoms in total. The van der Waals surface area contributed by atoms with E-state index < -0.39 is 0 Å². The number of nitrogens with two attached hydrogens (primary N) is 1. The highest BCUT2D eigenvalue weighted by atomic mass is 35.5. The van der Waals surface area contributed by atoms with E-state index in [-0.39, 0.29) is 24.9 Å². The van der Waals surface area contributed by atoms with Gasteiger partial charge in [0.05, 0.1) is 11.4 Å². The fourth-order valence-corrected chi connectivity index (χ4v) is 3.32. The van der Waals surface area contributed by atoms with E-state index in [0.29, 0.717) is 11.7 Å². The zero-order valence-corrected chi connectivity index (χ0v) is 15.0. The number of hydrogen-bond acceptors (Lipinski definition) is 7. The van der Waals surface area contributed by atoms with Crippen LogP contribution in [0.3, 0.4) is 0 Å². The number of nitrogens with zero attached hydrogens (tertiary/aromatic N) is 4.